The monoisotopic (exact) mass is 360 g/mol. The Balaban J connectivity index is 2.29. The summed E-state index contributed by atoms with van der Waals surface area (Å²) in [5.74, 6) is 0.00890. The van der Waals surface area contributed by atoms with Crippen molar-refractivity contribution in [1.82, 2.24) is 4.31 Å². The molecule has 1 atom stereocenters. The van der Waals surface area contributed by atoms with Gasteiger partial charge in [-0.15, -0.1) is 0 Å². The second kappa shape index (κ2) is 7.80. The van der Waals surface area contributed by atoms with E-state index >= 15 is 0 Å². The molecule has 1 amide bonds. The number of nitrogens with one attached hydrogen (secondary N) is 1. The summed E-state index contributed by atoms with van der Waals surface area (Å²) in [6.07, 6.45) is 1.09. The van der Waals surface area contributed by atoms with Gasteiger partial charge in [0.05, 0.1) is 6.26 Å². The van der Waals surface area contributed by atoms with Crippen molar-refractivity contribution in [2.75, 3.05) is 18.6 Å². The van der Waals surface area contributed by atoms with E-state index in [4.69, 9.17) is 0 Å². The molecule has 134 valence electrons. The highest BCUT2D eigenvalue weighted by molar-refractivity contribution is 7.88. The van der Waals surface area contributed by atoms with Gasteiger partial charge in [-0.2, -0.15) is 4.31 Å². The van der Waals surface area contributed by atoms with Gasteiger partial charge < -0.3 is 5.32 Å². The summed E-state index contributed by atoms with van der Waals surface area (Å²) in [5, 5.41) is 2.81. The molecule has 0 unspecified atom stereocenters. The molecule has 0 aliphatic carbocycles. The Labute approximate surface area is 149 Å². The normalized spacial score (nSPS) is 13.0. The Morgan fingerprint density at radius 3 is 2.00 bits per heavy atom. The van der Waals surface area contributed by atoms with Crippen LogP contribution in [-0.2, 0) is 14.8 Å². The molecule has 0 bridgehead atoms. The number of carbonyl (C=O) groups excluding carboxylic acids is 1. The number of amides is 1. The van der Waals surface area contributed by atoms with Crippen molar-refractivity contribution in [3.05, 3.63) is 65.7 Å². The summed E-state index contributed by atoms with van der Waals surface area (Å²) in [5.41, 5.74) is 2.43. The SMILES string of the molecule is CC(C)c1ccc(NC(=O)[C@H](c2ccccc2)N(C)S(C)(=O)=O)cc1. The summed E-state index contributed by atoms with van der Waals surface area (Å²) < 4.78 is 25.0. The maximum Gasteiger partial charge on any atom is 0.247 e. The molecule has 0 heterocycles. The molecule has 0 radical (unpaired) electrons. The van der Waals surface area contributed by atoms with Gasteiger partial charge in [0.1, 0.15) is 6.04 Å². The van der Waals surface area contributed by atoms with Gasteiger partial charge in [-0.1, -0.05) is 56.3 Å². The van der Waals surface area contributed by atoms with E-state index < -0.39 is 22.0 Å². The molecule has 0 saturated carbocycles. The van der Waals surface area contributed by atoms with Crippen molar-refractivity contribution in [2.45, 2.75) is 25.8 Å². The van der Waals surface area contributed by atoms with Crippen LogP contribution in [0.1, 0.15) is 36.9 Å². The summed E-state index contributed by atoms with van der Waals surface area (Å²) in [6, 6.07) is 15.5. The van der Waals surface area contributed by atoms with Crippen LogP contribution in [0.2, 0.25) is 0 Å². The maximum absolute atomic E-state index is 12.8. The van der Waals surface area contributed by atoms with Crippen molar-refractivity contribution in [2.24, 2.45) is 0 Å². The molecule has 0 aromatic heterocycles. The molecule has 2 rings (SSSR count). The van der Waals surface area contributed by atoms with Gasteiger partial charge in [0.15, 0.2) is 0 Å². The molecule has 0 aliphatic heterocycles. The number of benzene rings is 2. The number of nitrogens with zero attached hydrogens (tertiary/aromatic N) is 1. The molecule has 0 spiro atoms. The Kier molecular flexibility index (Phi) is 5.98. The topological polar surface area (TPSA) is 66.5 Å². The van der Waals surface area contributed by atoms with Crippen LogP contribution in [0.5, 0.6) is 0 Å². The van der Waals surface area contributed by atoms with Gasteiger partial charge in [0.25, 0.3) is 0 Å². The van der Waals surface area contributed by atoms with Crippen molar-refractivity contribution < 1.29 is 13.2 Å². The Morgan fingerprint density at radius 1 is 0.960 bits per heavy atom. The van der Waals surface area contributed by atoms with Gasteiger partial charge in [-0.05, 0) is 29.2 Å². The molecule has 0 saturated heterocycles. The number of rotatable bonds is 6. The molecule has 1 N–H and O–H groups in total. The third-order valence-corrected chi connectivity index (χ3v) is 5.35. The standard InChI is InChI=1S/C19H24N2O3S/c1-14(2)15-10-12-17(13-11-15)20-19(22)18(21(3)25(4,23)24)16-8-6-5-7-9-16/h5-14,18H,1-4H3,(H,20,22)/t18-/m0/s1. The lowest BCUT2D eigenvalue weighted by Crippen LogP contribution is -2.38. The Hall–Kier alpha value is -2.18. The van der Waals surface area contributed by atoms with Crippen LogP contribution in [0.3, 0.4) is 0 Å². The molecule has 5 nitrogen and oxygen atoms in total. The summed E-state index contributed by atoms with van der Waals surface area (Å²) >= 11 is 0. The highest BCUT2D eigenvalue weighted by atomic mass is 32.2. The average molecular weight is 360 g/mol. The first kappa shape index (κ1) is 19.1. The zero-order chi connectivity index (χ0) is 18.6. The molecule has 6 heteroatoms. The fraction of sp³-hybridized carbons (Fsp3) is 0.316. The second-order valence-electron chi connectivity index (χ2n) is 6.36. The smallest absolute Gasteiger partial charge is 0.247 e. The summed E-state index contributed by atoms with van der Waals surface area (Å²) in [6.45, 7) is 4.19. The molecule has 2 aromatic carbocycles. The lowest BCUT2D eigenvalue weighted by molar-refractivity contribution is -0.119. The molecule has 2 aromatic rings. The quantitative estimate of drug-likeness (QED) is 0.859. The van der Waals surface area contributed by atoms with Crippen molar-refractivity contribution in [3.8, 4) is 0 Å². The van der Waals surface area contributed by atoms with Gasteiger partial charge in [0, 0.05) is 12.7 Å². The fourth-order valence-corrected chi connectivity index (χ4v) is 3.12. The first-order chi connectivity index (χ1) is 11.7. The lowest BCUT2D eigenvalue weighted by Gasteiger charge is -2.25. The predicted molar refractivity (Wildman–Crippen MR) is 101 cm³/mol. The van der Waals surface area contributed by atoms with E-state index in [1.807, 2.05) is 30.3 Å². The van der Waals surface area contributed by atoms with Gasteiger partial charge in [0.2, 0.25) is 15.9 Å². The highest BCUT2D eigenvalue weighted by Gasteiger charge is 2.30. The van der Waals surface area contributed by atoms with E-state index in [-0.39, 0.29) is 0 Å². The molecule has 0 fully saturated rings. The number of anilines is 1. The van der Waals surface area contributed by atoms with E-state index in [0.717, 1.165) is 10.6 Å². The van der Waals surface area contributed by atoms with Gasteiger partial charge >= 0.3 is 0 Å². The minimum atomic E-state index is -3.53. The molecule has 0 aliphatic rings. The van der Waals surface area contributed by atoms with Crippen molar-refractivity contribution >= 4 is 21.6 Å². The van der Waals surface area contributed by atoms with Crippen LogP contribution in [-0.4, -0.2) is 31.9 Å². The van der Waals surface area contributed by atoms with E-state index in [1.165, 1.54) is 12.6 Å². The predicted octanol–water partition coefficient (Wildman–Crippen LogP) is 3.38. The summed E-state index contributed by atoms with van der Waals surface area (Å²) in [7, 11) is -2.12. The van der Waals surface area contributed by atoms with Crippen molar-refractivity contribution in [3.63, 3.8) is 0 Å². The van der Waals surface area contributed by atoms with Gasteiger partial charge in [-0.3, -0.25) is 4.79 Å². The zero-order valence-corrected chi connectivity index (χ0v) is 15.7. The first-order valence-corrected chi connectivity index (χ1v) is 9.93. The largest absolute Gasteiger partial charge is 0.324 e. The average Bonchev–Trinajstić information content (AvgIpc) is 2.55. The maximum atomic E-state index is 12.8. The number of likely N-dealkylation sites (N-methyl/N-ethyl adjacent to an activating group) is 1. The third-order valence-electron chi connectivity index (χ3n) is 4.10. The van der Waals surface area contributed by atoms with Gasteiger partial charge in [-0.25, -0.2) is 8.42 Å². The van der Waals surface area contributed by atoms with Crippen LogP contribution in [0.4, 0.5) is 5.69 Å². The highest BCUT2D eigenvalue weighted by Crippen LogP contribution is 2.24. The van der Waals surface area contributed by atoms with Crippen molar-refractivity contribution in [1.29, 1.82) is 0 Å². The van der Waals surface area contributed by atoms with E-state index in [1.54, 1.807) is 24.3 Å². The third kappa shape index (κ3) is 4.90. The molecular weight excluding hydrogens is 336 g/mol. The van der Waals surface area contributed by atoms with Crippen LogP contribution >= 0.6 is 0 Å². The van der Waals surface area contributed by atoms with E-state index in [0.29, 0.717) is 17.2 Å². The second-order valence-corrected chi connectivity index (χ2v) is 8.40. The Morgan fingerprint density at radius 2 is 1.52 bits per heavy atom. The molecular formula is C19H24N2O3S. The minimum absolute atomic E-state index is 0.392. The number of carbonyl (C=O) groups is 1. The van der Waals surface area contributed by atoms with Crippen LogP contribution < -0.4 is 5.32 Å². The van der Waals surface area contributed by atoms with E-state index in [2.05, 4.69) is 19.2 Å². The minimum Gasteiger partial charge on any atom is -0.324 e. The van der Waals surface area contributed by atoms with Crippen LogP contribution in [0, 0.1) is 0 Å². The van der Waals surface area contributed by atoms with E-state index in [9.17, 15) is 13.2 Å². The number of hydrogen-bond donors (Lipinski definition) is 1. The van der Waals surface area contributed by atoms with Crippen LogP contribution in [0.15, 0.2) is 54.6 Å². The first-order valence-electron chi connectivity index (χ1n) is 8.09. The number of hydrogen-bond acceptors (Lipinski definition) is 3. The Bertz CT molecular complexity index is 816. The number of sulfonamides is 1. The molecule has 25 heavy (non-hydrogen) atoms. The fourth-order valence-electron chi connectivity index (χ4n) is 2.52. The van der Waals surface area contributed by atoms with Crippen LogP contribution in [0.25, 0.3) is 0 Å². The summed E-state index contributed by atoms with van der Waals surface area (Å²) in [4.78, 5) is 12.8. The zero-order valence-electron chi connectivity index (χ0n) is 14.9. The lowest BCUT2D eigenvalue weighted by atomic mass is 10.0.